The molecule has 0 amide bonds. The van der Waals surface area contributed by atoms with Crippen LogP contribution in [0.5, 0.6) is 0 Å². The SMILES string of the molecule is CC(C)[C@@H]1C[C@H]2[C@@H]3CC=C4C=CCC[C@]4(C)[C@H]3CC[C@]2(C)C1=O. The molecule has 0 N–H and O–H groups in total. The van der Waals surface area contributed by atoms with Gasteiger partial charge in [0.05, 0.1) is 0 Å². The van der Waals surface area contributed by atoms with Crippen molar-refractivity contribution < 1.29 is 4.79 Å². The van der Waals surface area contributed by atoms with Crippen molar-refractivity contribution in [2.45, 2.75) is 66.2 Å². The fourth-order valence-corrected chi connectivity index (χ4v) is 6.74. The van der Waals surface area contributed by atoms with Gasteiger partial charge in [0.25, 0.3) is 0 Å². The fourth-order valence-electron chi connectivity index (χ4n) is 6.74. The van der Waals surface area contributed by atoms with Gasteiger partial charge in [-0.3, -0.25) is 4.79 Å². The van der Waals surface area contributed by atoms with Gasteiger partial charge in [0.15, 0.2) is 0 Å². The predicted molar refractivity (Wildman–Crippen MR) is 94.9 cm³/mol. The van der Waals surface area contributed by atoms with Crippen molar-refractivity contribution in [1.29, 1.82) is 0 Å². The van der Waals surface area contributed by atoms with Gasteiger partial charge in [-0.2, -0.15) is 0 Å². The van der Waals surface area contributed by atoms with Crippen molar-refractivity contribution >= 4 is 5.78 Å². The zero-order chi connectivity index (χ0) is 16.4. The van der Waals surface area contributed by atoms with Gasteiger partial charge in [-0.15, -0.1) is 0 Å². The van der Waals surface area contributed by atoms with Crippen LogP contribution in [0.2, 0.25) is 0 Å². The topological polar surface area (TPSA) is 17.1 Å². The Balaban J connectivity index is 1.71. The van der Waals surface area contributed by atoms with E-state index in [0.29, 0.717) is 29.0 Å². The molecule has 23 heavy (non-hydrogen) atoms. The Morgan fingerprint density at radius 2 is 1.91 bits per heavy atom. The molecule has 0 saturated heterocycles. The Morgan fingerprint density at radius 1 is 1.13 bits per heavy atom. The Hall–Kier alpha value is -0.850. The van der Waals surface area contributed by atoms with Crippen LogP contribution in [0.15, 0.2) is 23.8 Å². The second-order valence-corrected chi connectivity index (χ2v) is 9.54. The number of carbonyl (C=O) groups is 1. The van der Waals surface area contributed by atoms with Crippen LogP contribution in [0.3, 0.4) is 0 Å². The van der Waals surface area contributed by atoms with Gasteiger partial charge in [-0.25, -0.2) is 0 Å². The van der Waals surface area contributed by atoms with Gasteiger partial charge in [0, 0.05) is 11.3 Å². The summed E-state index contributed by atoms with van der Waals surface area (Å²) in [6.45, 7) is 9.30. The first-order chi connectivity index (χ1) is 10.9. The molecule has 1 nitrogen and oxygen atoms in total. The average molecular weight is 312 g/mol. The maximum absolute atomic E-state index is 13.1. The minimum atomic E-state index is -0.0255. The molecule has 2 fully saturated rings. The maximum Gasteiger partial charge on any atom is 0.142 e. The van der Waals surface area contributed by atoms with E-state index in [1.165, 1.54) is 25.7 Å². The summed E-state index contributed by atoms with van der Waals surface area (Å²) >= 11 is 0. The van der Waals surface area contributed by atoms with Gasteiger partial charge >= 0.3 is 0 Å². The van der Waals surface area contributed by atoms with Gasteiger partial charge < -0.3 is 0 Å². The lowest BCUT2D eigenvalue weighted by Gasteiger charge is -2.55. The van der Waals surface area contributed by atoms with E-state index >= 15 is 0 Å². The van der Waals surface area contributed by atoms with Gasteiger partial charge in [-0.1, -0.05) is 45.9 Å². The predicted octanol–water partition coefficient (Wildman–Crippen LogP) is 5.57. The average Bonchev–Trinajstić information content (AvgIpc) is 2.79. The van der Waals surface area contributed by atoms with E-state index in [2.05, 4.69) is 45.9 Å². The lowest BCUT2D eigenvalue weighted by Crippen LogP contribution is -2.49. The Morgan fingerprint density at radius 3 is 2.65 bits per heavy atom. The normalized spacial score (nSPS) is 48.7. The monoisotopic (exact) mass is 312 g/mol. The molecular weight excluding hydrogens is 280 g/mol. The van der Waals surface area contributed by atoms with Crippen molar-refractivity contribution in [2.75, 3.05) is 0 Å². The second kappa shape index (κ2) is 5.07. The second-order valence-electron chi connectivity index (χ2n) is 9.54. The minimum Gasteiger partial charge on any atom is -0.299 e. The summed E-state index contributed by atoms with van der Waals surface area (Å²) in [6, 6.07) is 0. The zero-order valence-electron chi connectivity index (χ0n) is 15.3. The number of hydrogen-bond donors (Lipinski definition) is 0. The van der Waals surface area contributed by atoms with E-state index in [1.807, 2.05) is 0 Å². The molecule has 6 atom stereocenters. The summed E-state index contributed by atoms with van der Waals surface area (Å²) in [5.74, 6) is 3.58. The van der Waals surface area contributed by atoms with Crippen LogP contribution in [0.4, 0.5) is 0 Å². The number of ketones is 1. The molecule has 4 aliphatic carbocycles. The molecule has 0 aromatic heterocycles. The number of carbonyl (C=O) groups excluding carboxylic acids is 1. The quantitative estimate of drug-likeness (QED) is 0.619. The summed E-state index contributed by atoms with van der Waals surface area (Å²) in [6.07, 6.45) is 14.6. The highest BCUT2D eigenvalue weighted by atomic mass is 16.1. The van der Waals surface area contributed by atoms with Crippen molar-refractivity contribution in [1.82, 2.24) is 0 Å². The van der Waals surface area contributed by atoms with Crippen molar-refractivity contribution in [3.63, 3.8) is 0 Å². The standard InChI is InChI=1S/C22H32O/c1-14(2)17-13-19-16-9-8-15-7-5-6-11-21(15,3)18(16)10-12-22(19,4)20(17)23/h5,7-8,14,16-19H,6,9-13H2,1-4H3/t16-,17+,18+,19+,21+,22+/m1/s1. The highest BCUT2D eigenvalue weighted by molar-refractivity contribution is 5.89. The fraction of sp³-hybridized carbons (Fsp3) is 0.773. The summed E-state index contributed by atoms with van der Waals surface area (Å²) in [5, 5.41) is 0. The number of Topliss-reactive ketones (excluding diaryl/α,β-unsaturated/α-hetero) is 1. The van der Waals surface area contributed by atoms with Crippen LogP contribution < -0.4 is 0 Å². The van der Waals surface area contributed by atoms with Crippen LogP contribution in [0.1, 0.15) is 66.2 Å². The molecule has 1 heteroatoms. The highest BCUT2D eigenvalue weighted by Gasteiger charge is 2.60. The Kier molecular flexibility index (Phi) is 3.45. The maximum atomic E-state index is 13.1. The number of hydrogen-bond acceptors (Lipinski definition) is 1. The van der Waals surface area contributed by atoms with E-state index in [9.17, 15) is 4.79 Å². The molecule has 4 rings (SSSR count). The molecule has 0 heterocycles. The van der Waals surface area contributed by atoms with E-state index in [0.717, 1.165) is 24.7 Å². The first-order valence-electron chi connectivity index (χ1n) is 9.79. The third-order valence-electron chi connectivity index (χ3n) is 8.25. The summed E-state index contributed by atoms with van der Waals surface area (Å²) in [7, 11) is 0. The Bertz CT molecular complexity index is 583. The molecule has 0 spiro atoms. The molecule has 0 bridgehead atoms. The molecule has 2 saturated carbocycles. The lowest BCUT2D eigenvalue weighted by atomic mass is 9.49. The van der Waals surface area contributed by atoms with Crippen LogP contribution in [-0.4, -0.2) is 5.78 Å². The first-order valence-corrected chi connectivity index (χ1v) is 9.79. The van der Waals surface area contributed by atoms with Crippen LogP contribution in [0.25, 0.3) is 0 Å². The third kappa shape index (κ3) is 2.01. The first kappa shape index (κ1) is 15.7. The van der Waals surface area contributed by atoms with Gasteiger partial charge in [-0.05, 0) is 73.2 Å². The molecule has 0 radical (unpaired) electrons. The molecule has 0 aromatic carbocycles. The van der Waals surface area contributed by atoms with Crippen LogP contribution >= 0.6 is 0 Å². The minimum absolute atomic E-state index is 0.0255. The van der Waals surface area contributed by atoms with Crippen molar-refractivity contribution in [3.8, 4) is 0 Å². The highest BCUT2D eigenvalue weighted by Crippen LogP contribution is 2.64. The molecule has 126 valence electrons. The summed E-state index contributed by atoms with van der Waals surface area (Å²) in [5.41, 5.74) is 1.94. The van der Waals surface area contributed by atoms with Crippen molar-refractivity contribution in [2.24, 2.45) is 40.4 Å². The van der Waals surface area contributed by atoms with E-state index in [1.54, 1.807) is 5.57 Å². The van der Waals surface area contributed by atoms with Crippen LogP contribution in [0, 0.1) is 40.4 Å². The zero-order valence-corrected chi connectivity index (χ0v) is 15.3. The third-order valence-corrected chi connectivity index (χ3v) is 8.25. The van der Waals surface area contributed by atoms with E-state index < -0.39 is 0 Å². The molecule has 4 aliphatic rings. The summed E-state index contributed by atoms with van der Waals surface area (Å²) < 4.78 is 0. The summed E-state index contributed by atoms with van der Waals surface area (Å²) in [4.78, 5) is 13.1. The number of fused-ring (bicyclic) bond motifs is 5. The largest absolute Gasteiger partial charge is 0.299 e. The van der Waals surface area contributed by atoms with Gasteiger partial charge in [0.2, 0.25) is 0 Å². The molecule has 0 aliphatic heterocycles. The van der Waals surface area contributed by atoms with Gasteiger partial charge in [0.1, 0.15) is 5.78 Å². The molecule has 0 aromatic rings. The number of rotatable bonds is 1. The smallest absolute Gasteiger partial charge is 0.142 e. The van der Waals surface area contributed by atoms with E-state index in [-0.39, 0.29) is 5.41 Å². The lowest BCUT2D eigenvalue weighted by molar-refractivity contribution is -0.134. The molecular formula is C22H32O. The van der Waals surface area contributed by atoms with Crippen LogP contribution in [-0.2, 0) is 4.79 Å². The molecule has 0 unspecified atom stereocenters. The number of allylic oxidation sites excluding steroid dienone is 4. The van der Waals surface area contributed by atoms with Crippen molar-refractivity contribution in [3.05, 3.63) is 23.8 Å². The van der Waals surface area contributed by atoms with E-state index in [4.69, 9.17) is 0 Å². The Labute approximate surface area is 141 Å².